The molecule has 3 aliphatic rings. The predicted molar refractivity (Wildman–Crippen MR) is 85.4 cm³/mol. The summed E-state index contributed by atoms with van der Waals surface area (Å²) in [5, 5.41) is 0. The fourth-order valence-electron chi connectivity index (χ4n) is 4.82. The van der Waals surface area contributed by atoms with Crippen LogP contribution in [0.15, 0.2) is 10.6 Å². The normalized spacial score (nSPS) is 53.5. The van der Waals surface area contributed by atoms with Crippen molar-refractivity contribution in [3.63, 3.8) is 0 Å². The van der Waals surface area contributed by atoms with Gasteiger partial charge in [-0.3, -0.25) is 0 Å². The van der Waals surface area contributed by atoms with Gasteiger partial charge in [0.2, 0.25) is 0 Å². The lowest BCUT2D eigenvalue weighted by molar-refractivity contribution is -0.167. The van der Waals surface area contributed by atoms with Crippen LogP contribution in [0.3, 0.4) is 0 Å². The Morgan fingerprint density at radius 2 is 1.95 bits per heavy atom. The minimum atomic E-state index is -0.306. The van der Waals surface area contributed by atoms with E-state index in [0.717, 1.165) is 19.3 Å². The van der Waals surface area contributed by atoms with Crippen molar-refractivity contribution < 1.29 is 9.47 Å². The van der Waals surface area contributed by atoms with Crippen LogP contribution in [0.2, 0.25) is 0 Å². The van der Waals surface area contributed by atoms with Crippen LogP contribution in [-0.4, -0.2) is 29.8 Å². The summed E-state index contributed by atoms with van der Waals surface area (Å²) in [6, 6.07) is 0. The van der Waals surface area contributed by atoms with Crippen LogP contribution in [0.5, 0.6) is 0 Å². The molecule has 5 unspecified atom stereocenters. The highest BCUT2D eigenvalue weighted by molar-refractivity contribution is 9.11. The molecule has 1 saturated carbocycles. The molecule has 1 aliphatic heterocycles. The molecule has 1 heterocycles. The van der Waals surface area contributed by atoms with Crippen LogP contribution in [0.25, 0.3) is 0 Å². The molecule has 0 aromatic carbocycles. The molecule has 20 heavy (non-hydrogen) atoms. The Kier molecular flexibility index (Phi) is 3.25. The summed E-state index contributed by atoms with van der Waals surface area (Å²) in [6.45, 7) is 8.97. The number of alkyl halides is 1. The summed E-state index contributed by atoms with van der Waals surface area (Å²) >= 11 is 10.5. The molecule has 2 bridgehead atoms. The molecule has 5 atom stereocenters. The molecule has 0 aromatic rings. The van der Waals surface area contributed by atoms with Gasteiger partial charge in [0, 0.05) is 22.4 Å². The molecule has 4 heteroatoms. The molecule has 2 fully saturated rings. The zero-order valence-corrected chi connectivity index (χ0v) is 15.3. The molecule has 0 radical (unpaired) electrons. The lowest BCUT2D eigenvalue weighted by atomic mass is 9.48. The molecule has 3 rings (SSSR count). The summed E-state index contributed by atoms with van der Waals surface area (Å²) in [6.07, 6.45) is 5.34. The van der Waals surface area contributed by atoms with Crippen LogP contribution >= 0.6 is 27.5 Å². The van der Waals surface area contributed by atoms with Gasteiger partial charge in [-0.1, -0.05) is 29.8 Å². The van der Waals surface area contributed by atoms with Crippen molar-refractivity contribution in [2.45, 2.75) is 69.6 Å². The number of halogens is 2. The summed E-state index contributed by atoms with van der Waals surface area (Å²) in [7, 11) is 1.77. The van der Waals surface area contributed by atoms with Gasteiger partial charge in [0.15, 0.2) is 0 Å². The van der Waals surface area contributed by atoms with Gasteiger partial charge in [-0.25, -0.2) is 0 Å². The Morgan fingerprint density at radius 3 is 2.55 bits per heavy atom. The molecule has 2 nitrogen and oxygen atoms in total. The largest absolute Gasteiger partial charge is 0.374 e. The maximum Gasteiger partial charge on any atom is 0.106 e. The van der Waals surface area contributed by atoms with E-state index in [1.165, 1.54) is 4.48 Å². The maximum absolute atomic E-state index is 6.71. The van der Waals surface area contributed by atoms with Gasteiger partial charge in [0.25, 0.3) is 0 Å². The lowest BCUT2D eigenvalue weighted by Crippen LogP contribution is -2.61. The van der Waals surface area contributed by atoms with Crippen LogP contribution in [0.1, 0.15) is 47.0 Å². The first-order valence-corrected chi connectivity index (χ1v) is 8.55. The van der Waals surface area contributed by atoms with Gasteiger partial charge in [-0.2, -0.15) is 0 Å². The Morgan fingerprint density at radius 1 is 1.30 bits per heavy atom. The van der Waals surface area contributed by atoms with Crippen molar-refractivity contribution in [3.05, 3.63) is 10.6 Å². The minimum Gasteiger partial charge on any atom is -0.374 e. The van der Waals surface area contributed by atoms with E-state index in [9.17, 15) is 0 Å². The Bertz CT molecular complexity index is 473. The molecule has 114 valence electrons. The number of rotatable bonds is 1. The van der Waals surface area contributed by atoms with E-state index in [2.05, 4.69) is 49.7 Å². The quantitative estimate of drug-likeness (QED) is 0.632. The van der Waals surface area contributed by atoms with E-state index in [-0.39, 0.29) is 33.5 Å². The van der Waals surface area contributed by atoms with Crippen molar-refractivity contribution in [2.24, 2.45) is 10.8 Å². The number of hydrogen-bond acceptors (Lipinski definition) is 2. The molecule has 0 amide bonds. The van der Waals surface area contributed by atoms with Gasteiger partial charge < -0.3 is 9.47 Å². The highest BCUT2D eigenvalue weighted by Gasteiger charge is 2.72. The van der Waals surface area contributed by atoms with E-state index < -0.39 is 0 Å². The standard InChI is InChI=1S/C16H24BrClO2/c1-13(2)10(17)8-11(19-5)15(4)16(13)7-6-14(3,18)12(9-16)20-15/h8,11-12H,6-7,9H2,1-5H3. The van der Waals surface area contributed by atoms with Gasteiger partial charge in [-0.05, 0) is 39.2 Å². The van der Waals surface area contributed by atoms with Gasteiger partial charge in [0.1, 0.15) is 11.7 Å². The second kappa shape index (κ2) is 4.24. The molecule has 0 aromatic heterocycles. The number of fused-ring (bicyclic) bond motifs is 1. The van der Waals surface area contributed by atoms with Gasteiger partial charge in [0.05, 0.1) is 11.0 Å². The maximum atomic E-state index is 6.71. The number of ether oxygens (including phenoxy) is 2. The summed E-state index contributed by atoms with van der Waals surface area (Å²) in [4.78, 5) is -0.257. The lowest BCUT2D eigenvalue weighted by Gasteiger charge is -2.58. The van der Waals surface area contributed by atoms with Gasteiger partial charge >= 0.3 is 0 Å². The average molecular weight is 364 g/mol. The first-order chi connectivity index (χ1) is 9.11. The number of allylic oxidation sites excluding steroid dienone is 1. The molecule has 2 aliphatic carbocycles. The molecule has 1 spiro atoms. The van der Waals surface area contributed by atoms with E-state index in [4.69, 9.17) is 21.1 Å². The second-order valence-corrected chi connectivity index (χ2v) is 9.29. The second-order valence-electron chi connectivity index (χ2n) is 7.57. The molecular weight excluding hydrogens is 340 g/mol. The van der Waals surface area contributed by atoms with E-state index >= 15 is 0 Å². The topological polar surface area (TPSA) is 18.5 Å². The Hall–Kier alpha value is 0.430. The smallest absolute Gasteiger partial charge is 0.106 e. The number of hydrogen-bond donors (Lipinski definition) is 0. The summed E-state index contributed by atoms with van der Waals surface area (Å²) in [5.41, 5.74) is -0.188. The first-order valence-electron chi connectivity index (χ1n) is 7.38. The summed E-state index contributed by atoms with van der Waals surface area (Å²) < 4.78 is 13.5. The predicted octanol–water partition coefficient (Wildman–Crippen LogP) is 4.65. The third-order valence-corrected chi connectivity index (χ3v) is 8.16. The van der Waals surface area contributed by atoms with Crippen LogP contribution in [0, 0.1) is 10.8 Å². The third-order valence-electron chi connectivity index (χ3n) is 6.47. The third kappa shape index (κ3) is 1.59. The van der Waals surface area contributed by atoms with E-state index in [1.54, 1.807) is 7.11 Å². The monoisotopic (exact) mass is 362 g/mol. The Labute approximate surface area is 135 Å². The molecule has 1 saturated heterocycles. The van der Waals surface area contributed by atoms with Crippen molar-refractivity contribution in [1.29, 1.82) is 0 Å². The van der Waals surface area contributed by atoms with Crippen LogP contribution in [-0.2, 0) is 9.47 Å². The number of methoxy groups -OCH3 is 1. The highest BCUT2D eigenvalue weighted by atomic mass is 79.9. The summed E-state index contributed by atoms with van der Waals surface area (Å²) in [5.74, 6) is 0. The average Bonchev–Trinajstić information content (AvgIpc) is 2.64. The van der Waals surface area contributed by atoms with E-state index in [1.807, 2.05) is 0 Å². The zero-order valence-electron chi connectivity index (χ0n) is 12.9. The van der Waals surface area contributed by atoms with Gasteiger partial charge in [-0.15, -0.1) is 11.6 Å². The van der Waals surface area contributed by atoms with Crippen molar-refractivity contribution in [2.75, 3.05) is 7.11 Å². The van der Waals surface area contributed by atoms with E-state index in [0.29, 0.717) is 0 Å². The van der Waals surface area contributed by atoms with Crippen molar-refractivity contribution in [3.8, 4) is 0 Å². The van der Waals surface area contributed by atoms with Crippen LogP contribution in [0.4, 0.5) is 0 Å². The fourth-order valence-corrected chi connectivity index (χ4v) is 5.66. The van der Waals surface area contributed by atoms with Crippen molar-refractivity contribution in [1.82, 2.24) is 0 Å². The van der Waals surface area contributed by atoms with Crippen molar-refractivity contribution >= 4 is 27.5 Å². The first kappa shape index (κ1) is 15.3. The highest BCUT2D eigenvalue weighted by Crippen LogP contribution is 2.70. The Balaban J connectivity index is 2.17. The van der Waals surface area contributed by atoms with Crippen LogP contribution < -0.4 is 0 Å². The minimum absolute atomic E-state index is 0.0273. The zero-order chi connectivity index (χ0) is 15.0. The SMILES string of the molecule is COC1C=C(Br)C(C)(C)C23CCC(C)(Cl)C(C2)OC13C. The molecule has 0 N–H and O–H groups in total. The fraction of sp³-hybridized carbons (Fsp3) is 0.875. The molecular formula is C16H24BrClO2.